The molecule has 0 aliphatic carbocycles. The molecule has 0 aromatic rings. The molecule has 2 saturated heterocycles. The summed E-state index contributed by atoms with van der Waals surface area (Å²) in [6.07, 6.45) is 2.06. The van der Waals surface area contributed by atoms with Crippen LogP contribution >= 0.6 is 0 Å². The van der Waals surface area contributed by atoms with E-state index < -0.39 is 0 Å². The maximum absolute atomic E-state index is 12.2. The molecule has 0 spiro atoms. The van der Waals surface area contributed by atoms with E-state index in [0.717, 1.165) is 32.5 Å². The number of piperidine rings is 1. The van der Waals surface area contributed by atoms with E-state index in [0.29, 0.717) is 18.0 Å². The van der Waals surface area contributed by atoms with Crippen molar-refractivity contribution in [3.63, 3.8) is 0 Å². The van der Waals surface area contributed by atoms with Gasteiger partial charge in [0.25, 0.3) is 0 Å². The first-order chi connectivity index (χ1) is 8.08. The highest BCUT2D eigenvalue weighted by molar-refractivity contribution is 5.80. The van der Waals surface area contributed by atoms with Gasteiger partial charge in [0.2, 0.25) is 5.91 Å². The Bertz CT molecular complexity index is 282. The van der Waals surface area contributed by atoms with Crippen molar-refractivity contribution >= 4 is 5.91 Å². The average molecular weight is 239 g/mol. The maximum Gasteiger partial charge on any atom is 0.224 e. The molecule has 4 atom stereocenters. The first kappa shape index (κ1) is 12.8. The van der Waals surface area contributed by atoms with Gasteiger partial charge >= 0.3 is 0 Å². The highest BCUT2D eigenvalue weighted by Gasteiger charge is 2.32. The Labute approximate surface area is 104 Å². The lowest BCUT2D eigenvalue weighted by atomic mass is 9.92. The van der Waals surface area contributed by atoms with Crippen molar-refractivity contribution in [3.05, 3.63) is 0 Å². The molecule has 4 heteroatoms. The van der Waals surface area contributed by atoms with Gasteiger partial charge < -0.3 is 15.5 Å². The van der Waals surface area contributed by atoms with Crippen molar-refractivity contribution in [2.24, 2.45) is 11.8 Å². The zero-order valence-corrected chi connectivity index (χ0v) is 11.2. The largest absolute Gasteiger partial charge is 0.353 e. The second kappa shape index (κ2) is 5.36. The molecular weight excluding hydrogens is 214 g/mol. The molecule has 2 heterocycles. The quantitative estimate of drug-likeness (QED) is 0.735. The zero-order valence-electron chi connectivity index (χ0n) is 11.2. The molecule has 0 aromatic carbocycles. The number of amides is 1. The topological polar surface area (TPSA) is 44.4 Å². The van der Waals surface area contributed by atoms with E-state index in [-0.39, 0.29) is 11.8 Å². The molecule has 4 nitrogen and oxygen atoms in total. The van der Waals surface area contributed by atoms with Gasteiger partial charge in [0, 0.05) is 18.6 Å². The van der Waals surface area contributed by atoms with Gasteiger partial charge in [0.05, 0.1) is 5.92 Å². The van der Waals surface area contributed by atoms with E-state index >= 15 is 0 Å². The third-order valence-corrected chi connectivity index (χ3v) is 4.30. The Morgan fingerprint density at radius 1 is 1.35 bits per heavy atom. The molecule has 0 bridgehead atoms. The normalized spacial score (nSPS) is 39.2. The van der Waals surface area contributed by atoms with Gasteiger partial charge in [-0.1, -0.05) is 6.92 Å². The van der Waals surface area contributed by atoms with Crippen LogP contribution in [0.2, 0.25) is 0 Å². The standard InChI is InChI=1S/C13H25N3O/c1-9-8-16(3)7-5-12(9)15-13(17)11-4-6-14-10(11)2/h9-12,14H,4-8H2,1-3H3,(H,15,17). The van der Waals surface area contributed by atoms with Gasteiger partial charge in [-0.05, 0) is 45.8 Å². The molecular formula is C13H25N3O. The minimum absolute atomic E-state index is 0.168. The van der Waals surface area contributed by atoms with Gasteiger partial charge in [-0.3, -0.25) is 4.79 Å². The summed E-state index contributed by atoms with van der Waals surface area (Å²) in [5, 5.41) is 6.59. The zero-order chi connectivity index (χ0) is 12.4. The number of hydrogen-bond donors (Lipinski definition) is 2. The summed E-state index contributed by atoms with van der Waals surface area (Å²) in [7, 11) is 2.15. The molecule has 2 N–H and O–H groups in total. The van der Waals surface area contributed by atoms with Crippen LogP contribution < -0.4 is 10.6 Å². The number of carbonyl (C=O) groups excluding carboxylic acids is 1. The third kappa shape index (κ3) is 2.99. The monoisotopic (exact) mass is 239 g/mol. The second-order valence-electron chi connectivity index (χ2n) is 5.78. The molecule has 4 unspecified atom stereocenters. The number of nitrogens with one attached hydrogen (secondary N) is 2. The highest BCUT2D eigenvalue weighted by atomic mass is 16.2. The summed E-state index contributed by atoms with van der Waals surface area (Å²) < 4.78 is 0. The van der Waals surface area contributed by atoms with Crippen molar-refractivity contribution < 1.29 is 4.79 Å². The van der Waals surface area contributed by atoms with Crippen LogP contribution in [0.25, 0.3) is 0 Å². The van der Waals surface area contributed by atoms with Crippen LogP contribution in [0.4, 0.5) is 0 Å². The lowest BCUT2D eigenvalue weighted by molar-refractivity contribution is -0.126. The van der Waals surface area contributed by atoms with Gasteiger partial charge in [0.15, 0.2) is 0 Å². The maximum atomic E-state index is 12.2. The summed E-state index contributed by atoms with van der Waals surface area (Å²) >= 11 is 0. The molecule has 2 rings (SSSR count). The SMILES string of the molecule is CC1CN(C)CCC1NC(=O)C1CCNC1C. The fourth-order valence-corrected chi connectivity index (χ4v) is 3.08. The van der Waals surface area contributed by atoms with Gasteiger partial charge in [-0.2, -0.15) is 0 Å². The molecule has 98 valence electrons. The summed E-state index contributed by atoms with van der Waals surface area (Å²) in [6, 6.07) is 0.697. The van der Waals surface area contributed by atoms with Crippen LogP contribution in [0.15, 0.2) is 0 Å². The minimum Gasteiger partial charge on any atom is -0.353 e. The molecule has 2 aliphatic rings. The van der Waals surface area contributed by atoms with Crippen LogP contribution in [0, 0.1) is 11.8 Å². The van der Waals surface area contributed by atoms with Crippen LogP contribution in [0.3, 0.4) is 0 Å². The van der Waals surface area contributed by atoms with Crippen LogP contribution in [0.1, 0.15) is 26.7 Å². The first-order valence-electron chi connectivity index (χ1n) is 6.80. The van der Waals surface area contributed by atoms with E-state index in [9.17, 15) is 4.79 Å². The molecule has 0 aromatic heterocycles. The molecule has 1 amide bonds. The lowest BCUT2D eigenvalue weighted by Gasteiger charge is -2.35. The van der Waals surface area contributed by atoms with Crippen molar-refractivity contribution in [1.82, 2.24) is 15.5 Å². The van der Waals surface area contributed by atoms with Crippen LogP contribution in [-0.4, -0.2) is 49.6 Å². The van der Waals surface area contributed by atoms with Gasteiger partial charge in [-0.15, -0.1) is 0 Å². The van der Waals surface area contributed by atoms with Crippen molar-refractivity contribution in [1.29, 1.82) is 0 Å². The predicted octanol–water partition coefficient (Wildman–Crippen LogP) is 0.441. The lowest BCUT2D eigenvalue weighted by Crippen LogP contribution is -2.51. The van der Waals surface area contributed by atoms with Crippen molar-refractivity contribution in [2.45, 2.75) is 38.8 Å². The van der Waals surface area contributed by atoms with E-state index in [2.05, 4.69) is 36.4 Å². The fraction of sp³-hybridized carbons (Fsp3) is 0.923. The van der Waals surface area contributed by atoms with Crippen LogP contribution in [-0.2, 0) is 4.79 Å². The first-order valence-corrected chi connectivity index (χ1v) is 6.80. The Morgan fingerprint density at radius 3 is 2.71 bits per heavy atom. The van der Waals surface area contributed by atoms with E-state index in [1.807, 2.05) is 0 Å². The fourth-order valence-electron chi connectivity index (χ4n) is 3.08. The molecule has 2 fully saturated rings. The molecule has 2 aliphatic heterocycles. The number of rotatable bonds is 2. The number of nitrogens with zero attached hydrogens (tertiary/aromatic N) is 1. The summed E-state index contributed by atoms with van der Waals surface area (Å²) in [5.74, 6) is 0.980. The Hall–Kier alpha value is -0.610. The predicted molar refractivity (Wildman–Crippen MR) is 68.8 cm³/mol. The number of carbonyl (C=O) groups is 1. The third-order valence-electron chi connectivity index (χ3n) is 4.30. The molecule has 0 radical (unpaired) electrons. The van der Waals surface area contributed by atoms with Gasteiger partial charge in [-0.25, -0.2) is 0 Å². The van der Waals surface area contributed by atoms with E-state index in [4.69, 9.17) is 0 Å². The highest BCUT2D eigenvalue weighted by Crippen LogP contribution is 2.19. The van der Waals surface area contributed by atoms with Crippen molar-refractivity contribution in [2.75, 3.05) is 26.7 Å². The van der Waals surface area contributed by atoms with Crippen molar-refractivity contribution in [3.8, 4) is 0 Å². The van der Waals surface area contributed by atoms with E-state index in [1.54, 1.807) is 0 Å². The smallest absolute Gasteiger partial charge is 0.224 e. The Balaban J connectivity index is 1.86. The Morgan fingerprint density at radius 2 is 2.12 bits per heavy atom. The minimum atomic E-state index is 0.168. The van der Waals surface area contributed by atoms with E-state index in [1.165, 1.54) is 0 Å². The number of hydrogen-bond acceptors (Lipinski definition) is 3. The molecule has 0 saturated carbocycles. The number of likely N-dealkylation sites (tertiary alicyclic amines) is 1. The summed E-state index contributed by atoms with van der Waals surface area (Å²) in [6.45, 7) is 7.49. The second-order valence-corrected chi connectivity index (χ2v) is 5.78. The summed E-state index contributed by atoms with van der Waals surface area (Å²) in [4.78, 5) is 14.5. The van der Waals surface area contributed by atoms with Crippen LogP contribution in [0.5, 0.6) is 0 Å². The Kier molecular flexibility index (Phi) is 4.05. The average Bonchev–Trinajstić information content (AvgIpc) is 2.68. The summed E-state index contributed by atoms with van der Waals surface area (Å²) in [5.41, 5.74) is 0. The molecule has 17 heavy (non-hydrogen) atoms. The van der Waals surface area contributed by atoms with Gasteiger partial charge in [0.1, 0.15) is 0 Å².